The predicted octanol–water partition coefficient (Wildman–Crippen LogP) is 2.65. The van der Waals surface area contributed by atoms with Crippen LogP contribution in [0.1, 0.15) is 53.9 Å². The molecule has 1 N–H and O–H groups in total. The maximum atomic E-state index is 12.4. The monoisotopic (exact) mass is 340 g/mol. The number of piperidine rings is 1. The molecular weight excluding hydrogens is 304 g/mol. The van der Waals surface area contributed by atoms with Crippen molar-refractivity contribution in [3.8, 4) is 0 Å². The van der Waals surface area contributed by atoms with Gasteiger partial charge in [-0.3, -0.25) is 4.79 Å². The SMILES string of the molecule is CC1CC(C)CN(CCCCNC(=O)C2(C)COC(C)(C)OC2)C1. The lowest BCUT2D eigenvalue weighted by atomic mass is 9.90. The van der Waals surface area contributed by atoms with Crippen molar-refractivity contribution in [3.05, 3.63) is 0 Å². The van der Waals surface area contributed by atoms with Crippen molar-refractivity contribution in [2.45, 2.75) is 59.7 Å². The van der Waals surface area contributed by atoms with Crippen molar-refractivity contribution in [3.63, 3.8) is 0 Å². The Labute approximate surface area is 147 Å². The van der Waals surface area contributed by atoms with E-state index < -0.39 is 11.2 Å². The van der Waals surface area contributed by atoms with Gasteiger partial charge in [0.2, 0.25) is 5.91 Å². The molecule has 1 amide bonds. The molecule has 2 fully saturated rings. The van der Waals surface area contributed by atoms with E-state index >= 15 is 0 Å². The molecular formula is C19H36N2O3. The van der Waals surface area contributed by atoms with Gasteiger partial charge in [-0.25, -0.2) is 0 Å². The van der Waals surface area contributed by atoms with E-state index in [2.05, 4.69) is 24.1 Å². The van der Waals surface area contributed by atoms with Crippen LogP contribution in [0.5, 0.6) is 0 Å². The Kier molecular flexibility index (Phi) is 6.68. The second kappa shape index (κ2) is 8.15. The lowest BCUT2D eigenvalue weighted by Crippen LogP contribution is -2.52. The van der Waals surface area contributed by atoms with Crippen molar-refractivity contribution < 1.29 is 14.3 Å². The quantitative estimate of drug-likeness (QED) is 0.755. The Balaban J connectivity index is 1.61. The second-order valence-corrected chi connectivity index (χ2v) is 8.71. The van der Waals surface area contributed by atoms with E-state index in [1.54, 1.807) is 0 Å². The molecule has 2 aliphatic rings. The molecule has 2 saturated heterocycles. The van der Waals surface area contributed by atoms with Gasteiger partial charge < -0.3 is 19.7 Å². The molecule has 2 atom stereocenters. The van der Waals surface area contributed by atoms with E-state index in [-0.39, 0.29) is 5.91 Å². The highest BCUT2D eigenvalue weighted by Crippen LogP contribution is 2.29. The minimum Gasteiger partial charge on any atom is -0.355 e. The van der Waals surface area contributed by atoms with E-state index in [0.29, 0.717) is 13.2 Å². The van der Waals surface area contributed by atoms with Crippen LogP contribution in [-0.4, -0.2) is 56.0 Å². The number of nitrogens with zero attached hydrogens (tertiary/aromatic N) is 1. The normalized spacial score (nSPS) is 30.0. The molecule has 0 saturated carbocycles. The maximum Gasteiger partial charge on any atom is 0.230 e. The predicted molar refractivity (Wildman–Crippen MR) is 95.7 cm³/mol. The summed E-state index contributed by atoms with van der Waals surface area (Å²) in [5, 5.41) is 3.06. The van der Waals surface area contributed by atoms with Gasteiger partial charge >= 0.3 is 0 Å². The molecule has 5 nitrogen and oxygen atoms in total. The van der Waals surface area contributed by atoms with Gasteiger partial charge in [0.25, 0.3) is 0 Å². The number of nitrogens with one attached hydrogen (secondary N) is 1. The second-order valence-electron chi connectivity index (χ2n) is 8.71. The number of rotatable bonds is 6. The molecule has 140 valence electrons. The zero-order chi connectivity index (χ0) is 17.8. The molecule has 0 bridgehead atoms. The van der Waals surface area contributed by atoms with E-state index in [1.165, 1.54) is 19.5 Å². The van der Waals surface area contributed by atoms with Crippen molar-refractivity contribution >= 4 is 5.91 Å². The number of likely N-dealkylation sites (tertiary alicyclic amines) is 1. The van der Waals surface area contributed by atoms with Gasteiger partial charge in [-0.15, -0.1) is 0 Å². The standard InChI is InChI=1S/C19H36N2O3/c1-15-10-16(2)12-21(11-15)9-7-6-8-20-17(22)19(5)13-23-18(3,4)24-14-19/h15-16H,6-14H2,1-5H3,(H,20,22). The van der Waals surface area contributed by atoms with Crippen LogP contribution in [-0.2, 0) is 14.3 Å². The first kappa shape index (κ1) is 19.7. The van der Waals surface area contributed by atoms with Crippen molar-refractivity contribution in [2.24, 2.45) is 17.3 Å². The van der Waals surface area contributed by atoms with Crippen LogP contribution >= 0.6 is 0 Å². The smallest absolute Gasteiger partial charge is 0.230 e. The van der Waals surface area contributed by atoms with Crippen LogP contribution in [0, 0.1) is 17.3 Å². The Morgan fingerprint density at radius 3 is 2.25 bits per heavy atom. The molecule has 0 aromatic carbocycles. The summed E-state index contributed by atoms with van der Waals surface area (Å²) < 4.78 is 11.3. The van der Waals surface area contributed by atoms with Crippen molar-refractivity contribution in [1.82, 2.24) is 10.2 Å². The zero-order valence-corrected chi connectivity index (χ0v) is 16.2. The summed E-state index contributed by atoms with van der Waals surface area (Å²) in [5.41, 5.74) is -0.576. The van der Waals surface area contributed by atoms with Crippen molar-refractivity contribution in [2.75, 3.05) is 39.4 Å². The Bertz CT molecular complexity index is 405. The summed E-state index contributed by atoms with van der Waals surface area (Å²) in [7, 11) is 0. The lowest BCUT2D eigenvalue weighted by molar-refractivity contribution is -0.277. The highest BCUT2D eigenvalue weighted by atomic mass is 16.7. The van der Waals surface area contributed by atoms with Crippen LogP contribution in [0.15, 0.2) is 0 Å². The molecule has 24 heavy (non-hydrogen) atoms. The van der Waals surface area contributed by atoms with Crippen molar-refractivity contribution in [1.29, 1.82) is 0 Å². The van der Waals surface area contributed by atoms with E-state index in [1.807, 2.05) is 20.8 Å². The highest BCUT2D eigenvalue weighted by molar-refractivity contribution is 5.82. The van der Waals surface area contributed by atoms with Crippen LogP contribution in [0.4, 0.5) is 0 Å². The summed E-state index contributed by atoms with van der Waals surface area (Å²) in [4.78, 5) is 15.0. The first-order valence-electron chi connectivity index (χ1n) is 9.49. The van der Waals surface area contributed by atoms with E-state index in [0.717, 1.165) is 37.8 Å². The number of ether oxygens (including phenoxy) is 2. The molecule has 0 aromatic rings. The van der Waals surface area contributed by atoms with Gasteiger partial charge in [-0.05, 0) is 58.4 Å². The molecule has 5 heteroatoms. The summed E-state index contributed by atoms with van der Waals surface area (Å²) in [6, 6.07) is 0. The number of hydrogen-bond donors (Lipinski definition) is 1. The van der Waals surface area contributed by atoms with Gasteiger partial charge in [0, 0.05) is 19.6 Å². The summed E-state index contributed by atoms with van der Waals surface area (Å²) in [6.07, 6.45) is 3.51. The Hall–Kier alpha value is -0.650. The Morgan fingerprint density at radius 2 is 1.67 bits per heavy atom. The number of unbranched alkanes of at least 4 members (excludes halogenated alkanes) is 1. The summed E-state index contributed by atoms with van der Waals surface area (Å²) >= 11 is 0. The highest BCUT2D eigenvalue weighted by Gasteiger charge is 2.41. The molecule has 2 unspecified atom stereocenters. The molecule has 2 aliphatic heterocycles. The average Bonchev–Trinajstić information content (AvgIpc) is 2.49. The fourth-order valence-corrected chi connectivity index (χ4v) is 3.73. The van der Waals surface area contributed by atoms with Crippen LogP contribution in [0.2, 0.25) is 0 Å². The van der Waals surface area contributed by atoms with Gasteiger partial charge in [0.1, 0.15) is 0 Å². The lowest BCUT2D eigenvalue weighted by Gasteiger charge is -2.40. The first-order valence-corrected chi connectivity index (χ1v) is 9.49. The number of carbonyl (C=O) groups excluding carboxylic acids is 1. The zero-order valence-electron chi connectivity index (χ0n) is 16.2. The molecule has 0 radical (unpaired) electrons. The third-order valence-electron chi connectivity index (χ3n) is 5.16. The molecule has 2 heterocycles. The van der Waals surface area contributed by atoms with E-state index in [4.69, 9.17) is 9.47 Å². The minimum absolute atomic E-state index is 0.0400. The number of carbonyl (C=O) groups is 1. The Morgan fingerprint density at radius 1 is 1.08 bits per heavy atom. The van der Waals surface area contributed by atoms with Gasteiger partial charge in [-0.2, -0.15) is 0 Å². The topological polar surface area (TPSA) is 50.8 Å². The minimum atomic E-state index is -0.581. The molecule has 0 aromatic heterocycles. The fraction of sp³-hybridized carbons (Fsp3) is 0.947. The van der Waals surface area contributed by atoms with Crippen LogP contribution in [0.3, 0.4) is 0 Å². The van der Waals surface area contributed by atoms with Gasteiger partial charge in [-0.1, -0.05) is 13.8 Å². The summed E-state index contributed by atoms with van der Waals surface area (Å²) in [5.74, 6) is 1.08. The third kappa shape index (κ3) is 5.71. The fourth-order valence-electron chi connectivity index (χ4n) is 3.73. The first-order chi connectivity index (χ1) is 11.2. The molecule has 0 aliphatic carbocycles. The molecule has 0 spiro atoms. The number of amides is 1. The van der Waals surface area contributed by atoms with Crippen LogP contribution < -0.4 is 5.32 Å². The molecule has 2 rings (SSSR count). The van der Waals surface area contributed by atoms with E-state index in [9.17, 15) is 4.79 Å². The average molecular weight is 341 g/mol. The van der Waals surface area contributed by atoms with Crippen LogP contribution in [0.25, 0.3) is 0 Å². The van der Waals surface area contributed by atoms with Gasteiger partial charge in [0.05, 0.1) is 18.6 Å². The largest absolute Gasteiger partial charge is 0.355 e. The third-order valence-corrected chi connectivity index (χ3v) is 5.16. The van der Waals surface area contributed by atoms with Gasteiger partial charge in [0.15, 0.2) is 5.79 Å². The maximum absolute atomic E-state index is 12.4. The summed E-state index contributed by atoms with van der Waals surface area (Å²) in [6.45, 7) is 15.5. The number of hydrogen-bond acceptors (Lipinski definition) is 4.